The van der Waals surface area contributed by atoms with E-state index < -0.39 is 0 Å². The summed E-state index contributed by atoms with van der Waals surface area (Å²) in [6.45, 7) is 0.752. The van der Waals surface area contributed by atoms with Gasteiger partial charge >= 0.3 is 5.69 Å². The summed E-state index contributed by atoms with van der Waals surface area (Å²) in [7, 11) is 0. The molecule has 1 saturated carbocycles. The number of nitrogens with zero attached hydrogens (tertiary/aromatic N) is 5. The largest absolute Gasteiger partial charge is 0.342 e. The lowest BCUT2D eigenvalue weighted by Gasteiger charge is -2.11. The first-order valence-electron chi connectivity index (χ1n) is 9.91. The second kappa shape index (κ2) is 7.30. The Hall–Kier alpha value is -2.67. The van der Waals surface area contributed by atoms with Crippen molar-refractivity contribution in [2.75, 3.05) is 6.67 Å². The van der Waals surface area contributed by atoms with Gasteiger partial charge in [-0.2, -0.15) is 0 Å². The molecule has 6 nitrogen and oxygen atoms in total. The molecule has 0 unspecified atom stereocenters. The van der Waals surface area contributed by atoms with Crippen molar-refractivity contribution in [1.82, 2.24) is 23.7 Å². The highest BCUT2D eigenvalue weighted by molar-refractivity contribution is 6.30. The summed E-state index contributed by atoms with van der Waals surface area (Å²) in [5.41, 5.74) is 3.68. The van der Waals surface area contributed by atoms with Crippen molar-refractivity contribution in [3.63, 3.8) is 0 Å². The molecule has 4 heterocycles. The second-order valence-corrected chi connectivity index (χ2v) is 7.97. The minimum atomic E-state index is -0.335. The number of hydrogen-bond donors (Lipinski definition) is 0. The van der Waals surface area contributed by atoms with Gasteiger partial charge in [0.25, 0.3) is 0 Å². The van der Waals surface area contributed by atoms with E-state index in [2.05, 4.69) is 14.5 Å². The molecule has 0 bridgehead atoms. The van der Waals surface area contributed by atoms with E-state index in [1.165, 1.54) is 0 Å². The molecule has 1 fully saturated rings. The molecule has 1 aliphatic carbocycles. The Balaban J connectivity index is 1.63. The van der Waals surface area contributed by atoms with Gasteiger partial charge in [-0.3, -0.25) is 18.5 Å². The maximum atomic E-state index is 13.2. The molecular weight excluding hydrogens is 393 g/mol. The molecule has 0 spiro atoms. The maximum absolute atomic E-state index is 13.2. The molecule has 4 aromatic rings. The summed E-state index contributed by atoms with van der Waals surface area (Å²) in [6.07, 6.45) is 8.52. The summed E-state index contributed by atoms with van der Waals surface area (Å²) in [5, 5.41) is 1.40. The number of aryl methyl sites for hydroxylation is 1. The average molecular weight is 414 g/mol. The monoisotopic (exact) mass is 413 g/mol. The second-order valence-electron chi connectivity index (χ2n) is 7.58. The molecule has 29 heavy (non-hydrogen) atoms. The van der Waals surface area contributed by atoms with Crippen LogP contribution in [-0.4, -0.2) is 30.3 Å². The van der Waals surface area contributed by atoms with Gasteiger partial charge in [-0.25, -0.2) is 9.78 Å². The molecule has 0 aliphatic heterocycles. The van der Waals surface area contributed by atoms with Crippen LogP contribution >= 0.6 is 11.6 Å². The Bertz CT molecular complexity index is 1250. The number of hydrogen-bond acceptors (Lipinski definition) is 3. The van der Waals surface area contributed by atoms with E-state index in [1.807, 2.05) is 22.8 Å². The van der Waals surface area contributed by atoms with Crippen molar-refractivity contribution >= 4 is 33.5 Å². The molecule has 5 rings (SSSR count). The van der Waals surface area contributed by atoms with Gasteiger partial charge in [0.2, 0.25) is 0 Å². The summed E-state index contributed by atoms with van der Waals surface area (Å²) >= 11 is 6.08. The highest BCUT2D eigenvalue weighted by Crippen LogP contribution is 2.36. The SMILES string of the molecule is O=c1n(Cc2cc3cc(Cl)ncc3n2CCCCF)c2cnccc2n1C1CC1. The number of unbranched alkanes of at least 4 members (excludes halogenated alkanes) is 1. The van der Waals surface area contributed by atoms with Crippen molar-refractivity contribution in [3.05, 3.63) is 58.1 Å². The van der Waals surface area contributed by atoms with E-state index >= 15 is 0 Å². The molecule has 0 saturated heterocycles. The molecule has 150 valence electrons. The van der Waals surface area contributed by atoms with Crippen LogP contribution in [0.2, 0.25) is 5.15 Å². The molecule has 0 aromatic carbocycles. The first-order valence-corrected chi connectivity index (χ1v) is 10.3. The van der Waals surface area contributed by atoms with Gasteiger partial charge in [0.15, 0.2) is 0 Å². The van der Waals surface area contributed by atoms with Crippen LogP contribution in [-0.2, 0) is 13.1 Å². The smallest absolute Gasteiger partial charge is 0.329 e. The van der Waals surface area contributed by atoms with Gasteiger partial charge in [-0.05, 0) is 43.9 Å². The minimum absolute atomic E-state index is 0.00720. The van der Waals surface area contributed by atoms with Gasteiger partial charge in [0.1, 0.15) is 5.15 Å². The van der Waals surface area contributed by atoms with Crippen LogP contribution in [0.25, 0.3) is 21.9 Å². The summed E-state index contributed by atoms with van der Waals surface area (Å²) < 4.78 is 18.5. The van der Waals surface area contributed by atoms with Crippen LogP contribution in [0.5, 0.6) is 0 Å². The Morgan fingerprint density at radius 3 is 2.76 bits per heavy atom. The third-order valence-electron chi connectivity index (χ3n) is 5.60. The molecule has 0 amide bonds. The summed E-state index contributed by atoms with van der Waals surface area (Å²) in [5.74, 6) is 0. The van der Waals surface area contributed by atoms with E-state index in [0.29, 0.717) is 24.7 Å². The molecule has 1 aliphatic rings. The van der Waals surface area contributed by atoms with Crippen molar-refractivity contribution in [2.45, 2.75) is 44.8 Å². The van der Waals surface area contributed by atoms with Crippen molar-refractivity contribution < 1.29 is 4.39 Å². The number of rotatable bonds is 7. The number of alkyl halides is 1. The highest BCUT2D eigenvalue weighted by Gasteiger charge is 2.29. The molecule has 0 radical (unpaired) electrons. The lowest BCUT2D eigenvalue weighted by atomic mass is 10.3. The number of fused-ring (bicyclic) bond motifs is 2. The zero-order valence-corrected chi connectivity index (χ0v) is 16.6. The van der Waals surface area contributed by atoms with Crippen LogP contribution in [0.4, 0.5) is 4.39 Å². The highest BCUT2D eigenvalue weighted by atomic mass is 35.5. The van der Waals surface area contributed by atoms with Crippen molar-refractivity contribution in [3.8, 4) is 0 Å². The van der Waals surface area contributed by atoms with E-state index in [4.69, 9.17) is 11.6 Å². The zero-order chi connectivity index (χ0) is 20.0. The number of aromatic nitrogens is 5. The van der Waals surface area contributed by atoms with Crippen LogP contribution in [0.1, 0.15) is 37.4 Å². The molecule has 8 heteroatoms. The average Bonchev–Trinajstić information content (AvgIpc) is 3.44. The number of pyridine rings is 2. The standard InChI is InChI=1S/C21H21ClFN5O/c22-20-10-14-9-16(26(8-2-1-6-23)18(14)12-25-20)13-27-19-11-24-7-5-17(19)28(21(27)29)15-3-4-15/h5,7,9-12,15H,1-4,6,8,13H2. The van der Waals surface area contributed by atoms with Crippen LogP contribution in [0.3, 0.4) is 0 Å². The van der Waals surface area contributed by atoms with Crippen LogP contribution in [0.15, 0.2) is 41.6 Å². The van der Waals surface area contributed by atoms with Crippen molar-refractivity contribution in [1.29, 1.82) is 0 Å². The fourth-order valence-corrected chi connectivity index (χ4v) is 4.24. The van der Waals surface area contributed by atoms with E-state index in [1.54, 1.807) is 23.2 Å². The van der Waals surface area contributed by atoms with Gasteiger partial charge in [0, 0.05) is 29.9 Å². The first kappa shape index (κ1) is 18.4. The van der Waals surface area contributed by atoms with Crippen molar-refractivity contribution in [2.24, 2.45) is 0 Å². The van der Waals surface area contributed by atoms with Gasteiger partial charge in [-0.15, -0.1) is 0 Å². The fourth-order valence-electron chi connectivity index (χ4n) is 4.08. The number of halogens is 2. The molecule has 0 N–H and O–H groups in total. The minimum Gasteiger partial charge on any atom is -0.342 e. The fraction of sp³-hybridized carbons (Fsp3) is 0.381. The summed E-state index contributed by atoms with van der Waals surface area (Å²) in [4.78, 5) is 21.7. The predicted octanol–water partition coefficient (Wildman–Crippen LogP) is 4.33. The Morgan fingerprint density at radius 1 is 1.10 bits per heavy atom. The quantitative estimate of drug-likeness (QED) is 0.334. The molecule has 0 atom stereocenters. The lowest BCUT2D eigenvalue weighted by Crippen LogP contribution is -2.25. The molecular formula is C21H21ClFN5O. The summed E-state index contributed by atoms with van der Waals surface area (Å²) in [6, 6.07) is 6.06. The molecule has 4 aromatic heterocycles. The van der Waals surface area contributed by atoms with E-state index in [-0.39, 0.29) is 18.4 Å². The lowest BCUT2D eigenvalue weighted by molar-refractivity contribution is 0.447. The van der Waals surface area contributed by atoms with Crippen LogP contribution < -0.4 is 5.69 Å². The van der Waals surface area contributed by atoms with E-state index in [0.717, 1.165) is 46.9 Å². The third-order valence-corrected chi connectivity index (χ3v) is 5.81. The van der Waals surface area contributed by atoms with Gasteiger partial charge < -0.3 is 4.57 Å². The first-order chi connectivity index (χ1) is 14.2. The Kier molecular flexibility index (Phi) is 4.62. The van der Waals surface area contributed by atoms with E-state index in [9.17, 15) is 9.18 Å². The van der Waals surface area contributed by atoms with Gasteiger partial charge in [0.05, 0.1) is 42.2 Å². The number of imidazole rings is 1. The third kappa shape index (κ3) is 3.23. The maximum Gasteiger partial charge on any atom is 0.329 e. The predicted molar refractivity (Wildman–Crippen MR) is 111 cm³/mol. The zero-order valence-electron chi connectivity index (χ0n) is 15.9. The normalized spacial score (nSPS) is 14.3. The van der Waals surface area contributed by atoms with Gasteiger partial charge in [-0.1, -0.05) is 11.6 Å². The Morgan fingerprint density at radius 2 is 1.97 bits per heavy atom. The topological polar surface area (TPSA) is 57.6 Å². The Labute approximate surface area is 171 Å². The van der Waals surface area contributed by atoms with Crippen LogP contribution in [0, 0.1) is 0 Å².